The average molecular weight is 296 g/mol. The second-order valence-electron chi connectivity index (χ2n) is 4.07. The number of hydrogen-bond acceptors (Lipinski definition) is 5. The fourth-order valence-electron chi connectivity index (χ4n) is 1.52. The molecule has 0 aliphatic rings. The minimum absolute atomic E-state index is 0.00482. The van der Waals surface area contributed by atoms with E-state index < -0.39 is 0 Å². The second kappa shape index (κ2) is 9.60. The van der Waals surface area contributed by atoms with Crippen LogP contribution in [0, 0.1) is 0 Å². The first-order valence-electron chi connectivity index (χ1n) is 6.45. The number of carbonyl (C=O) groups excluding carboxylic acids is 2. The van der Waals surface area contributed by atoms with Crippen LogP contribution in [0.2, 0.25) is 0 Å². The van der Waals surface area contributed by atoms with Gasteiger partial charge >= 0.3 is 0 Å². The lowest BCUT2D eigenvalue weighted by Gasteiger charge is -2.10. The maximum Gasteiger partial charge on any atom is 0.258 e. The number of nitrogens with one attached hydrogen (secondary N) is 2. The van der Waals surface area contributed by atoms with Crippen molar-refractivity contribution < 1.29 is 23.8 Å². The first kappa shape index (κ1) is 16.8. The zero-order valence-electron chi connectivity index (χ0n) is 12.2. The summed E-state index contributed by atoms with van der Waals surface area (Å²) in [7, 11) is 2.97. The molecule has 21 heavy (non-hydrogen) atoms. The Morgan fingerprint density at radius 3 is 2.10 bits per heavy atom. The Balaban J connectivity index is 2.21. The average Bonchev–Trinajstić information content (AvgIpc) is 2.50. The molecule has 7 heteroatoms. The van der Waals surface area contributed by atoms with E-state index in [2.05, 4.69) is 15.4 Å². The molecule has 0 saturated carbocycles. The van der Waals surface area contributed by atoms with Gasteiger partial charge in [0.1, 0.15) is 6.61 Å². The Bertz CT molecular complexity index is 464. The molecule has 0 fully saturated rings. The van der Waals surface area contributed by atoms with Gasteiger partial charge in [-0.1, -0.05) is 12.1 Å². The van der Waals surface area contributed by atoms with Gasteiger partial charge in [-0.3, -0.25) is 9.59 Å². The summed E-state index contributed by atoms with van der Waals surface area (Å²) < 4.78 is 15.1. The fourth-order valence-corrected chi connectivity index (χ4v) is 1.52. The van der Waals surface area contributed by atoms with Gasteiger partial charge in [0.05, 0.1) is 7.11 Å². The van der Waals surface area contributed by atoms with Gasteiger partial charge < -0.3 is 24.8 Å². The topological polar surface area (TPSA) is 85.9 Å². The number of amides is 2. The van der Waals surface area contributed by atoms with Gasteiger partial charge in [0.2, 0.25) is 5.91 Å². The van der Waals surface area contributed by atoms with Crippen molar-refractivity contribution in [3.63, 3.8) is 0 Å². The van der Waals surface area contributed by atoms with Crippen LogP contribution in [-0.2, 0) is 14.3 Å². The molecule has 2 amide bonds. The summed E-state index contributed by atoms with van der Waals surface area (Å²) in [5.74, 6) is 0.569. The molecule has 0 bridgehead atoms. The van der Waals surface area contributed by atoms with E-state index in [4.69, 9.17) is 9.47 Å². The van der Waals surface area contributed by atoms with E-state index in [0.717, 1.165) is 0 Å². The van der Waals surface area contributed by atoms with Crippen molar-refractivity contribution in [2.45, 2.75) is 0 Å². The molecule has 0 atom stereocenters. The molecular formula is C14H20N2O5. The Labute approximate surface area is 123 Å². The molecule has 0 radical (unpaired) electrons. The monoisotopic (exact) mass is 296 g/mol. The molecular weight excluding hydrogens is 276 g/mol. The third-order valence-electron chi connectivity index (χ3n) is 2.47. The minimum atomic E-state index is -0.276. The van der Waals surface area contributed by atoms with Gasteiger partial charge in [-0.05, 0) is 12.1 Å². The molecule has 1 rings (SSSR count). The third-order valence-corrected chi connectivity index (χ3v) is 2.47. The summed E-state index contributed by atoms with van der Waals surface area (Å²) in [4.78, 5) is 22.7. The fraction of sp³-hybridized carbons (Fsp3) is 0.429. The number of para-hydroxylation sites is 2. The van der Waals surface area contributed by atoms with Gasteiger partial charge in [-0.15, -0.1) is 0 Å². The molecule has 116 valence electrons. The highest BCUT2D eigenvalue weighted by Crippen LogP contribution is 2.25. The SMILES string of the molecule is COCC(=O)NCCNC(=O)COc1ccccc1OC. The predicted molar refractivity (Wildman–Crippen MR) is 76.4 cm³/mol. The van der Waals surface area contributed by atoms with E-state index in [-0.39, 0.29) is 25.0 Å². The third kappa shape index (κ3) is 6.62. The summed E-state index contributed by atoms with van der Waals surface area (Å²) >= 11 is 0. The number of methoxy groups -OCH3 is 2. The van der Waals surface area contributed by atoms with Gasteiger partial charge in [0.15, 0.2) is 18.1 Å². The van der Waals surface area contributed by atoms with Gasteiger partial charge in [-0.2, -0.15) is 0 Å². The van der Waals surface area contributed by atoms with Crippen LogP contribution >= 0.6 is 0 Å². The lowest BCUT2D eigenvalue weighted by Crippen LogP contribution is -2.37. The molecule has 0 unspecified atom stereocenters. The first-order chi connectivity index (χ1) is 10.2. The van der Waals surface area contributed by atoms with Crippen LogP contribution in [0.25, 0.3) is 0 Å². The zero-order valence-corrected chi connectivity index (χ0v) is 12.2. The number of ether oxygens (including phenoxy) is 3. The molecule has 0 heterocycles. The van der Waals surface area contributed by atoms with Gasteiger partial charge in [-0.25, -0.2) is 0 Å². The number of hydrogen-bond donors (Lipinski definition) is 2. The largest absolute Gasteiger partial charge is 0.493 e. The highest BCUT2D eigenvalue weighted by atomic mass is 16.5. The maximum atomic E-state index is 11.6. The van der Waals surface area contributed by atoms with E-state index in [1.807, 2.05) is 6.07 Å². The van der Waals surface area contributed by atoms with Crippen LogP contribution in [0.3, 0.4) is 0 Å². The second-order valence-corrected chi connectivity index (χ2v) is 4.07. The molecule has 0 aromatic heterocycles. The number of carbonyl (C=O) groups is 2. The summed E-state index contributed by atoms with van der Waals surface area (Å²) in [5, 5.41) is 5.22. The van der Waals surface area contributed by atoms with Crippen LogP contribution in [-0.4, -0.2) is 52.3 Å². The summed E-state index contributed by atoms with van der Waals surface area (Å²) in [6, 6.07) is 7.07. The van der Waals surface area contributed by atoms with Crippen molar-refractivity contribution in [1.29, 1.82) is 0 Å². The standard InChI is InChI=1S/C14H20N2O5/c1-19-9-13(17)15-7-8-16-14(18)10-21-12-6-4-3-5-11(12)20-2/h3-6H,7-10H2,1-2H3,(H,15,17)(H,16,18). The van der Waals surface area contributed by atoms with Crippen LogP contribution < -0.4 is 20.1 Å². The number of benzene rings is 1. The van der Waals surface area contributed by atoms with Gasteiger partial charge in [0.25, 0.3) is 5.91 Å². The van der Waals surface area contributed by atoms with E-state index in [9.17, 15) is 9.59 Å². The highest BCUT2D eigenvalue weighted by molar-refractivity contribution is 5.78. The van der Waals surface area contributed by atoms with Crippen molar-refractivity contribution in [3.8, 4) is 11.5 Å². The summed E-state index contributed by atoms with van der Waals surface area (Å²) in [5.41, 5.74) is 0. The van der Waals surface area contributed by atoms with Crippen molar-refractivity contribution in [3.05, 3.63) is 24.3 Å². The molecule has 0 aliphatic carbocycles. The quantitative estimate of drug-likeness (QED) is 0.624. The Kier molecular flexibility index (Phi) is 7.67. The Hall–Kier alpha value is -2.28. The maximum absolute atomic E-state index is 11.6. The molecule has 0 spiro atoms. The van der Waals surface area contributed by atoms with Crippen LogP contribution in [0.4, 0.5) is 0 Å². The lowest BCUT2D eigenvalue weighted by atomic mass is 10.3. The molecule has 7 nitrogen and oxygen atoms in total. The van der Waals surface area contributed by atoms with Crippen molar-refractivity contribution in [2.24, 2.45) is 0 Å². The van der Waals surface area contributed by atoms with Crippen molar-refractivity contribution in [2.75, 3.05) is 40.5 Å². The molecule has 0 saturated heterocycles. The minimum Gasteiger partial charge on any atom is -0.493 e. The highest BCUT2D eigenvalue weighted by Gasteiger charge is 2.06. The summed E-state index contributed by atoms with van der Waals surface area (Å²) in [6.45, 7) is 0.545. The van der Waals surface area contributed by atoms with Crippen molar-refractivity contribution >= 4 is 11.8 Å². The molecule has 2 N–H and O–H groups in total. The predicted octanol–water partition coefficient (Wildman–Crippen LogP) is -0.0472. The number of rotatable bonds is 9. The van der Waals surface area contributed by atoms with E-state index in [1.165, 1.54) is 14.2 Å². The Morgan fingerprint density at radius 2 is 1.52 bits per heavy atom. The first-order valence-corrected chi connectivity index (χ1v) is 6.45. The van der Waals surface area contributed by atoms with Crippen LogP contribution in [0.5, 0.6) is 11.5 Å². The zero-order chi connectivity index (χ0) is 15.5. The van der Waals surface area contributed by atoms with E-state index >= 15 is 0 Å². The smallest absolute Gasteiger partial charge is 0.258 e. The van der Waals surface area contributed by atoms with Gasteiger partial charge in [0, 0.05) is 20.2 Å². The van der Waals surface area contributed by atoms with E-state index in [1.54, 1.807) is 18.2 Å². The normalized spacial score (nSPS) is 9.81. The molecule has 0 aliphatic heterocycles. The molecule has 1 aromatic rings. The van der Waals surface area contributed by atoms with Crippen LogP contribution in [0.15, 0.2) is 24.3 Å². The van der Waals surface area contributed by atoms with Crippen LogP contribution in [0.1, 0.15) is 0 Å². The Morgan fingerprint density at radius 1 is 0.952 bits per heavy atom. The molecule has 1 aromatic carbocycles. The van der Waals surface area contributed by atoms with E-state index in [0.29, 0.717) is 24.6 Å². The lowest BCUT2D eigenvalue weighted by molar-refractivity contribution is -0.125. The summed E-state index contributed by atoms with van der Waals surface area (Å²) in [6.07, 6.45) is 0. The van der Waals surface area contributed by atoms with Crippen molar-refractivity contribution in [1.82, 2.24) is 10.6 Å².